The smallest absolute Gasteiger partial charge is 0.257 e. The SMILES string of the molecule is Cc1c(Br)cccc1C(=O)Nc1ccnn1C(C)C. The van der Waals surface area contributed by atoms with Crippen LogP contribution in [0.25, 0.3) is 0 Å². The highest BCUT2D eigenvalue weighted by molar-refractivity contribution is 9.10. The Hall–Kier alpha value is -1.62. The molecular formula is C14H16BrN3O. The molecule has 1 heterocycles. The van der Waals surface area contributed by atoms with E-state index >= 15 is 0 Å². The second-order valence-corrected chi connectivity index (χ2v) is 5.48. The van der Waals surface area contributed by atoms with Gasteiger partial charge in [-0.05, 0) is 38.5 Å². The van der Waals surface area contributed by atoms with E-state index in [0.29, 0.717) is 11.4 Å². The van der Waals surface area contributed by atoms with E-state index in [0.717, 1.165) is 10.0 Å². The van der Waals surface area contributed by atoms with E-state index in [1.54, 1.807) is 16.9 Å². The Bertz CT molecular complexity index is 604. The van der Waals surface area contributed by atoms with Crippen LogP contribution in [0.5, 0.6) is 0 Å². The molecule has 2 aromatic rings. The summed E-state index contributed by atoms with van der Waals surface area (Å²) >= 11 is 3.43. The molecule has 19 heavy (non-hydrogen) atoms. The molecule has 100 valence electrons. The number of aromatic nitrogens is 2. The van der Waals surface area contributed by atoms with Crippen molar-refractivity contribution in [3.63, 3.8) is 0 Å². The monoisotopic (exact) mass is 321 g/mol. The van der Waals surface area contributed by atoms with Gasteiger partial charge in [0.05, 0.1) is 6.20 Å². The van der Waals surface area contributed by atoms with Gasteiger partial charge in [-0.15, -0.1) is 0 Å². The van der Waals surface area contributed by atoms with Gasteiger partial charge in [-0.3, -0.25) is 4.79 Å². The summed E-state index contributed by atoms with van der Waals surface area (Å²) in [5, 5.41) is 7.09. The number of halogens is 1. The van der Waals surface area contributed by atoms with Gasteiger partial charge in [-0.1, -0.05) is 22.0 Å². The van der Waals surface area contributed by atoms with Crippen molar-refractivity contribution in [2.45, 2.75) is 26.8 Å². The highest BCUT2D eigenvalue weighted by Gasteiger charge is 2.13. The lowest BCUT2D eigenvalue weighted by molar-refractivity contribution is 0.102. The maximum absolute atomic E-state index is 12.3. The van der Waals surface area contributed by atoms with Crippen LogP contribution in [0.2, 0.25) is 0 Å². The van der Waals surface area contributed by atoms with Crippen molar-refractivity contribution in [3.8, 4) is 0 Å². The third kappa shape index (κ3) is 2.87. The maximum atomic E-state index is 12.3. The standard InChI is InChI=1S/C14H16BrN3O/c1-9(2)18-13(7-8-16-18)17-14(19)11-5-4-6-12(15)10(11)3/h4-9H,1-3H3,(H,17,19). The van der Waals surface area contributed by atoms with Crippen LogP contribution in [-0.4, -0.2) is 15.7 Å². The molecule has 1 aromatic carbocycles. The summed E-state index contributed by atoms with van der Waals surface area (Å²) in [6.07, 6.45) is 1.68. The summed E-state index contributed by atoms with van der Waals surface area (Å²) in [7, 11) is 0. The molecule has 1 aromatic heterocycles. The quantitative estimate of drug-likeness (QED) is 0.934. The Morgan fingerprint density at radius 1 is 1.37 bits per heavy atom. The average molecular weight is 322 g/mol. The Labute approximate surface area is 120 Å². The molecule has 0 bridgehead atoms. The molecule has 2 rings (SSSR count). The van der Waals surface area contributed by atoms with Crippen molar-refractivity contribution in [1.82, 2.24) is 9.78 Å². The normalized spacial score (nSPS) is 10.8. The van der Waals surface area contributed by atoms with Gasteiger partial charge in [0.25, 0.3) is 5.91 Å². The number of hydrogen-bond donors (Lipinski definition) is 1. The average Bonchev–Trinajstić information content (AvgIpc) is 2.80. The van der Waals surface area contributed by atoms with Crippen molar-refractivity contribution in [2.75, 3.05) is 5.32 Å². The number of hydrogen-bond acceptors (Lipinski definition) is 2. The lowest BCUT2D eigenvalue weighted by atomic mass is 10.1. The minimum Gasteiger partial charge on any atom is -0.307 e. The van der Waals surface area contributed by atoms with Gasteiger partial charge in [0, 0.05) is 22.1 Å². The van der Waals surface area contributed by atoms with E-state index in [2.05, 4.69) is 26.3 Å². The highest BCUT2D eigenvalue weighted by atomic mass is 79.9. The zero-order chi connectivity index (χ0) is 14.0. The topological polar surface area (TPSA) is 46.9 Å². The molecule has 1 amide bonds. The van der Waals surface area contributed by atoms with Gasteiger partial charge in [-0.25, -0.2) is 4.68 Å². The Kier molecular flexibility index (Phi) is 4.04. The lowest BCUT2D eigenvalue weighted by Crippen LogP contribution is -2.17. The zero-order valence-electron chi connectivity index (χ0n) is 11.1. The number of carbonyl (C=O) groups excluding carboxylic acids is 1. The van der Waals surface area contributed by atoms with E-state index in [4.69, 9.17) is 0 Å². The van der Waals surface area contributed by atoms with Crippen molar-refractivity contribution in [3.05, 3.63) is 46.1 Å². The van der Waals surface area contributed by atoms with Crippen molar-refractivity contribution in [2.24, 2.45) is 0 Å². The molecule has 0 unspecified atom stereocenters. The van der Waals surface area contributed by atoms with Crippen LogP contribution in [0.3, 0.4) is 0 Å². The molecule has 0 aliphatic carbocycles. The largest absolute Gasteiger partial charge is 0.307 e. The first kappa shape index (κ1) is 13.8. The molecule has 0 aliphatic heterocycles. The first-order valence-corrected chi connectivity index (χ1v) is 6.90. The third-order valence-electron chi connectivity index (χ3n) is 2.91. The Morgan fingerprint density at radius 3 is 2.79 bits per heavy atom. The van der Waals surface area contributed by atoms with Gasteiger partial charge in [-0.2, -0.15) is 5.10 Å². The molecule has 0 fully saturated rings. The fraction of sp³-hybridized carbons (Fsp3) is 0.286. The van der Waals surface area contributed by atoms with Gasteiger partial charge in [0.1, 0.15) is 5.82 Å². The molecule has 4 nitrogen and oxygen atoms in total. The van der Waals surface area contributed by atoms with Crippen molar-refractivity contribution < 1.29 is 4.79 Å². The van der Waals surface area contributed by atoms with E-state index in [-0.39, 0.29) is 11.9 Å². The molecule has 0 radical (unpaired) electrons. The van der Waals surface area contributed by atoms with Crippen LogP contribution in [0, 0.1) is 6.92 Å². The summed E-state index contributed by atoms with van der Waals surface area (Å²) in [5.41, 5.74) is 1.58. The van der Waals surface area contributed by atoms with E-state index in [9.17, 15) is 4.79 Å². The highest BCUT2D eigenvalue weighted by Crippen LogP contribution is 2.21. The number of benzene rings is 1. The van der Waals surface area contributed by atoms with Crippen LogP contribution in [-0.2, 0) is 0 Å². The zero-order valence-corrected chi connectivity index (χ0v) is 12.7. The minimum absolute atomic E-state index is 0.124. The molecule has 0 atom stereocenters. The van der Waals surface area contributed by atoms with Crippen LogP contribution in [0.1, 0.15) is 35.8 Å². The maximum Gasteiger partial charge on any atom is 0.257 e. The number of anilines is 1. The van der Waals surface area contributed by atoms with Gasteiger partial charge in [0.2, 0.25) is 0 Å². The van der Waals surface area contributed by atoms with Crippen LogP contribution >= 0.6 is 15.9 Å². The van der Waals surface area contributed by atoms with Gasteiger partial charge in [0.15, 0.2) is 0 Å². The molecule has 5 heteroatoms. The first-order chi connectivity index (χ1) is 9.00. The van der Waals surface area contributed by atoms with Gasteiger partial charge < -0.3 is 5.32 Å². The fourth-order valence-electron chi connectivity index (χ4n) is 1.86. The molecule has 0 spiro atoms. The Morgan fingerprint density at radius 2 is 2.11 bits per heavy atom. The van der Waals surface area contributed by atoms with Crippen LogP contribution in [0.4, 0.5) is 5.82 Å². The van der Waals surface area contributed by atoms with Crippen LogP contribution < -0.4 is 5.32 Å². The number of amides is 1. The lowest BCUT2D eigenvalue weighted by Gasteiger charge is -2.13. The molecule has 0 aliphatic rings. The minimum atomic E-state index is -0.124. The van der Waals surface area contributed by atoms with Crippen LogP contribution in [0.15, 0.2) is 34.9 Å². The van der Waals surface area contributed by atoms with Crippen molar-refractivity contribution in [1.29, 1.82) is 0 Å². The Balaban J connectivity index is 2.26. The summed E-state index contributed by atoms with van der Waals surface area (Å²) in [6.45, 7) is 5.96. The summed E-state index contributed by atoms with van der Waals surface area (Å²) in [6, 6.07) is 7.58. The number of rotatable bonds is 3. The second kappa shape index (κ2) is 5.57. The van der Waals surface area contributed by atoms with E-state index in [1.165, 1.54) is 0 Å². The summed E-state index contributed by atoms with van der Waals surface area (Å²) in [5.74, 6) is 0.584. The summed E-state index contributed by atoms with van der Waals surface area (Å²) < 4.78 is 2.71. The number of nitrogens with one attached hydrogen (secondary N) is 1. The third-order valence-corrected chi connectivity index (χ3v) is 3.77. The molecule has 1 N–H and O–H groups in total. The number of carbonyl (C=O) groups is 1. The van der Waals surface area contributed by atoms with Gasteiger partial charge >= 0.3 is 0 Å². The predicted molar refractivity (Wildman–Crippen MR) is 79.4 cm³/mol. The van der Waals surface area contributed by atoms with E-state index < -0.39 is 0 Å². The van der Waals surface area contributed by atoms with E-state index in [1.807, 2.05) is 39.0 Å². The molecule has 0 saturated heterocycles. The second-order valence-electron chi connectivity index (χ2n) is 4.62. The fourth-order valence-corrected chi connectivity index (χ4v) is 2.23. The summed E-state index contributed by atoms with van der Waals surface area (Å²) in [4.78, 5) is 12.3. The number of nitrogens with zero attached hydrogens (tertiary/aromatic N) is 2. The predicted octanol–water partition coefficient (Wildman–Crippen LogP) is 3.79. The first-order valence-electron chi connectivity index (χ1n) is 6.10. The molecular weight excluding hydrogens is 306 g/mol. The molecule has 0 saturated carbocycles. The van der Waals surface area contributed by atoms with Crippen molar-refractivity contribution >= 4 is 27.7 Å².